The molecule has 0 saturated heterocycles. The maximum atomic E-state index is 7.27. The van der Waals surface area contributed by atoms with E-state index in [9.17, 15) is 0 Å². The van der Waals surface area contributed by atoms with Crippen LogP contribution < -0.4 is 0 Å². The minimum atomic E-state index is 0.455. The molecule has 64 valence electrons. The van der Waals surface area contributed by atoms with E-state index in [1.807, 2.05) is 0 Å². The molecular formula is C10H19O+. The Morgan fingerprint density at radius 2 is 2.36 bits per heavy atom. The first-order chi connectivity index (χ1) is 5.12. The Morgan fingerprint density at radius 1 is 1.73 bits per heavy atom. The van der Waals surface area contributed by atoms with Crippen molar-refractivity contribution in [2.75, 3.05) is 6.61 Å². The van der Waals surface area contributed by atoms with Gasteiger partial charge in [0.2, 0.25) is 0 Å². The minimum absolute atomic E-state index is 0.455. The summed E-state index contributed by atoms with van der Waals surface area (Å²) in [6.45, 7) is 7.35. The highest BCUT2D eigenvalue weighted by Crippen LogP contribution is 2.43. The van der Waals surface area contributed by atoms with Gasteiger partial charge in [-0.2, -0.15) is 0 Å². The lowest BCUT2D eigenvalue weighted by molar-refractivity contribution is 0.244. The Morgan fingerprint density at radius 3 is 2.64 bits per heavy atom. The molecule has 0 radical (unpaired) electrons. The summed E-state index contributed by atoms with van der Waals surface area (Å²) in [5, 5.41) is 7.27. The Hall–Kier alpha value is -0.300. The molecule has 0 heterocycles. The Balaban J connectivity index is 2.68. The molecule has 0 amide bonds. The normalized spacial score (nSPS) is 37.5. The van der Waals surface area contributed by atoms with Gasteiger partial charge in [-0.15, -0.1) is 0 Å². The van der Waals surface area contributed by atoms with Crippen LogP contribution in [0.4, 0.5) is 0 Å². The molecule has 11 heavy (non-hydrogen) atoms. The van der Waals surface area contributed by atoms with Crippen molar-refractivity contribution in [2.24, 2.45) is 11.3 Å². The van der Waals surface area contributed by atoms with Gasteiger partial charge in [-0.1, -0.05) is 26.8 Å². The number of rotatable bonds is 2. The fourth-order valence-electron chi connectivity index (χ4n) is 1.86. The van der Waals surface area contributed by atoms with E-state index in [4.69, 9.17) is 5.11 Å². The second-order valence-corrected chi connectivity index (χ2v) is 3.97. The predicted molar refractivity (Wildman–Crippen MR) is 48.7 cm³/mol. The second-order valence-electron chi connectivity index (χ2n) is 3.97. The fourth-order valence-corrected chi connectivity index (χ4v) is 1.86. The zero-order valence-electron chi connectivity index (χ0n) is 7.78. The van der Waals surface area contributed by atoms with E-state index in [0.29, 0.717) is 17.9 Å². The summed E-state index contributed by atoms with van der Waals surface area (Å²) in [5.41, 5.74) is 1.79. The largest absolute Gasteiger partial charge is 0.442 e. The van der Waals surface area contributed by atoms with Crippen molar-refractivity contribution in [1.82, 2.24) is 0 Å². The third-order valence-electron chi connectivity index (χ3n) is 3.25. The van der Waals surface area contributed by atoms with Crippen LogP contribution in [0, 0.1) is 11.3 Å². The second kappa shape index (κ2) is 2.98. The van der Waals surface area contributed by atoms with Crippen LogP contribution in [0.1, 0.15) is 33.6 Å². The molecule has 0 aliphatic heterocycles. The molecule has 2 N–H and O–H groups in total. The van der Waals surface area contributed by atoms with Gasteiger partial charge < -0.3 is 5.11 Å². The summed E-state index contributed by atoms with van der Waals surface area (Å²) in [4.78, 5) is 0. The molecule has 1 aliphatic carbocycles. The van der Waals surface area contributed by atoms with Crippen molar-refractivity contribution >= 4 is 0 Å². The topological polar surface area (TPSA) is 22.9 Å². The van der Waals surface area contributed by atoms with E-state index in [0.717, 1.165) is 6.42 Å². The van der Waals surface area contributed by atoms with Gasteiger partial charge in [0.15, 0.2) is 6.61 Å². The zero-order chi connectivity index (χ0) is 8.48. The molecule has 1 aliphatic rings. The molecule has 0 saturated carbocycles. The summed E-state index contributed by atoms with van der Waals surface area (Å²) in [6.07, 6.45) is 4.67. The lowest BCUT2D eigenvalue weighted by Crippen LogP contribution is -2.18. The highest BCUT2D eigenvalue weighted by atomic mass is 16.3. The SMILES string of the molecule is CC[C@@]1(C)CC(C[OH2+])=C[C@@H]1C. The van der Waals surface area contributed by atoms with Gasteiger partial charge in [0.1, 0.15) is 0 Å². The Kier molecular flexibility index (Phi) is 2.38. The van der Waals surface area contributed by atoms with Crippen LogP contribution in [0.25, 0.3) is 0 Å². The summed E-state index contributed by atoms with van der Waals surface area (Å²) < 4.78 is 0. The van der Waals surface area contributed by atoms with Crippen LogP contribution in [0.15, 0.2) is 11.6 Å². The van der Waals surface area contributed by atoms with Crippen molar-refractivity contribution in [2.45, 2.75) is 33.6 Å². The summed E-state index contributed by atoms with van der Waals surface area (Å²) in [5.74, 6) is 0.674. The van der Waals surface area contributed by atoms with E-state index in [1.165, 1.54) is 12.0 Å². The van der Waals surface area contributed by atoms with Crippen molar-refractivity contribution in [3.63, 3.8) is 0 Å². The molecule has 1 rings (SSSR count). The van der Waals surface area contributed by atoms with E-state index in [2.05, 4.69) is 26.8 Å². The minimum Gasteiger partial charge on any atom is -0.442 e. The van der Waals surface area contributed by atoms with Gasteiger partial charge in [0.25, 0.3) is 0 Å². The monoisotopic (exact) mass is 155 g/mol. The van der Waals surface area contributed by atoms with Crippen LogP contribution in [-0.2, 0) is 0 Å². The maximum Gasteiger partial charge on any atom is 0.165 e. The quantitative estimate of drug-likeness (QED) is 0.430. The van der Waals surface area contributed by atoms with E-state index < -0.39 is 0 Å². The van der Waals surface area contributed by atoms with Gasteiger partial charge in [-0.3, -0.25) is 0 Å². The van der Waals surface area contributed by atoms with Crippen LogP contribution in [0.2, 0.25) is 0 Å². The van der Waals surface area contributed by atoms with Crippen LogP contribution >= 0.6 is 0 Å². The van der Waals surface area contributed by atoms with Gasteiger partial charge in [0, 0.05) is 5.57 Å². The molecular weight excluding hydrogens is 136 g/mol. The third-order valence-corrected chi connectivity index (χ3v) is 3.25. The molecule has 0 fully saturated rings. The molecule has 0 aromatic rings. The van der Waals surface area contributed by atoms with E-state index in [1.54, 1.807) is 0 Å². The van der Waals surface area contributed by atoms with Crippen LogP contribution in [0.3, 0.4) is 0 Å². The summed E-state index contributed by atoms with van der Waals surface area (Å²) >= 11 is 0. The van der Waals surface area contributed by atoms with Crippen molar-refractivity contribution in [1.29, 1.82) is 0 Å². The standard InChI is InChI=1S/C10H18O/c1-4-10(3)6-9(7-11)5-8(10)2/h5,8,11H,4,6-7H2,1-3H3/p+1/t8-,10-/m0/s1. The molecule has 0 unspecified atom stereocenters. The molecule has 1 nitrogen and oxygen atoms in total. The highest BCUT2D eigenvalue weighted by molar-refractivity contribution is 5.17. The van der Waals surface area contributed by atoms with Gasteiger partial charge in [-0.25, -0.2) is 0 Å². The van der Waals surface area contributed by atoms with Crippen LogP contribution in [-0.4, -0.2) is 11.7 Å². The third kappa shape index (κ3) is 1.48. The fraction of sp³-hybridized carbons (Fsp3) is 0.800. The van der Waals surface area contributed by atoms with Gasteiger partial charge in [0.05, 0.1) is 0 Å². The average Bonchev–Trinajstić information content (AvgIpc) is 2.29. The number of hydrogen-bond donors (Lipinski definition) is 0. The number of allylic oxidation sites excluding steroid dienone is 1. The van der Waals surface area contributed by atoms with Crippen LogP contribution in [0.5, 0.6) is 0 Å². The molecule has 1 heteroatoms. The number of hydrogen-bond acceptors (Lipinski definition) is 0. The van der Waals surface area contributed by atoms with Crippen molar-refractivity contribution < 1.29 is 5.11 Å². The van der Waals surface area contributed by atoms with E-state index >= 15 is 0 Å². The van der Waals surface area contributed by atoms with Crippen molar-refractivity contribution in [3.05, 3.63) is 11.6 Å². The Labute approximate surface area is 69.1 Å². The van der Waals surface area contributed by atoms with Gasteiger partial charge >= 0.3 is 0 Å². The molecule has 0 bridgehead atoms. The first kappa shape index (κ1) is 8.79. The smallest absolute Gasteiger partial charge is 0.165 e. The lowest BCUT2D eigenvalue weighted by atomic mass is 9.77. The lowest BCUT2D eigenvalue weighted by Gasteiger charge is -2.27. The maximum absolute atomic E-state index is 7.27. The molecule has 0 spiro atoms. The molecule has 0 aromatic carbocycles. The summed E-state index contributed by atoms with van der Waals surface area (Å²) in [7, 11) is 0. The van der Waals surface area contributed by atoms with Crippen molar-refractivity contribution in [3.8, 4) is 0 Å². The zero-order valence-corrected chi connectivity index (χ0v) is 7.78. The Bertz CT molecular complexity index is 172. The molecule has 0 aromatic heterocycles. The average molecular weight is 155 g/mol. The molecule has 2 atom stereocenters. The highest BCUT2D eigenvalue weighted by Gasteiger charge is 2.34. The predicted octanol–water partition coefficient (Wildman–Crippen LogP) is 2.09. The first-order valence-electron chi connectivity index (χ1n) is 4.46. The van der Waals surface area contributed by atoms with E-state index in [-0.39, 0.29) is 0 Å². The summed E-state index contributed by atoms with van der Waals surface area (Å²) in [6, 6.07) is 0. The van der Waals surface area contributed by atoms with Gasteiger partial charge in [-0.05, 0) is 24.2 Å². The first-order valence-corrected chi connectivity index (χ1v) is 4.46.